The molecule has 2 atom stereocenters. The Morgan fingerprint density at radius 3 is 2.75 bits per heavy atom. The van der Waals surface area contributed by atoms with Gasteiger partial charge < -0.3 is 10.0 Å². The van der Waals surface area contributed by atoms with Gasteiger partial charge >= 0.3 is 5.97 Å². The highest BCUT2D eigenvalue weighted by Crippen LogP contribution is 2.42. The van der Waals surface area contributed by atoms with Gasteiger partial charge in [0.05, 0.1) is 17.5 Å². The van der Waals surface area contributed by atoms with Gasteiger partial charge in [0, 0.05) is 38.3 Å². The summed E-state index contributed by atoms with van der Waals surface area (Å²) in [5.74, 6) is -0.148. The summed E-state index contributed by atoms with van der Waals surface area (Å²) in [6.45, 7) is 8.25. The third-order valence-electron chi connectivity index (χ3n) is 9.88. The van der Waals surface area contributed by atoms with Crippen LogP contribution >= 0.6 is 0 Å². The molecule has 0 spiro atoms. The number of aromatic nitrogens is 4. The van der Waals surface area contributed by atoms with Crippen molar-refractivity contribution in [3.63, 3.8) is 0 Å². The number of anilines is 1. The van der Waals surface area contributed by atoms with Crippen molar-refractivity contribution in [2.75, 3.05) is 18.0 Å². The number of rotatable bonds is 8. The second-order valence-corrected chi connectivity index (χ2v) is 15.0. The van der Waals surface area contributed by atoms with Gasteiger partial charge in [-0.05, 0) is 98.4 Å². The molecule has 10 nitrogen and oxygen atoms in total. The summed E-state index contributed by atoms with van der Waals surface area (Å²) in [6.07, 6.45) is 5.85. The van der Waals surface area contributed by atoms with Crippen LogP contribution in [-0.4, -0.2) is 62.4 Å². The predicted molar refractivity (Wildman–Crippen MR) is 167 cm³/mol. The quantitative estimate of drug-likeness (QED) is 0.294. The molecule has 0 unspecified atom stereocenters. The Bertz CT molecular complexity index is 1880. The average molecular weight is 615 g/mol. The maximum Gasteiger partial charge on any atom is 0.304 e. The molecule has 11 heteroatoms. The third kappa shape index (κ3) is 4.95. The molecular formula is C33H38N6O4S. The van der Waals surface area contributed by atoms with E-state index in [1.165, 1.54) is 12.8 Å². The Balaban J connectivity index is 1.26. The summed E-state index contributed by atoms with van der Waals surface area (Å²) >= 11 is 0. The smallest absolute Gasteiger partial charge is 0.304 e. The van der Waals surface area contributed by atoms with E-state index in [2.05, 4.69) is 27.1 Å². The van der Waals surface area contributed by atoms with E-state index in [0.29, 0.717) is 18.3 Å². The second kappa shape index (κ2) is 10.7. The van der Waals surface area contributed by atoms with Crippen LogP contribution in [-0.2, 0) is 27.9 Å². The van der Waals surface area contributed by atoms with Gasteiger partial charge in [-0.25, -0.2) is 18.1 Å². The molecule has 0 amide bonds. The molecule has 2 fully saturated rings. The first-order chi connectivity index (χ1) is 21.0. The average Bonchev–Trinajstić information content (AvgIpc) is 3.60. The number of aliphatic carboxylic acids is 1. The SMILES string of the molecule is Cc1ccc([C@H](CC(=O)O)c2ccc3c(nnn3CC3CC3)c2C)cc1CN1C[C@@]2(C)CCCN2c2ncccc2S1(=O)=O. The van der Waals surface area contributed by atoms with Gasteiger partial charge in [-0.1, -0.05) is 29.5 Å². The standard InChI is InChI=1S/C33H38N6O4S/c1-21-7-10-24(27(17-30(40)41)26-11-12-28-31(22(26)2)35-36-39(28)18-23-8-9-23)16-25(21)19-37-20-33(3)13-5-15-38(33)32-29(44(37,42)43)6-4-14-34-32/h4,6-7,10-12,14,16,23,27H,5,8-9,13,15,17-20H2,1-3H3,(H,40,41)/t27-,33+/m0/s1. The van der Waals surface area contributed by atoms with E-state index in [-0.39, 0.29) is 23.4 Å². The normalized spacial score (nSPS) is 22.0. The van der Waals surface area contributed by atoms with E-state index in [0.717, 1.165) is 64.8 Å². The van der Waals surface area contributed by atoms with E-state index >= 15 is 0 Å². The molecule has 2 aliphatic heterocycles. The molecule has 7 rings (SSSR count). The predicted octanol–water partition coefficient (Wildman–Crippen LogP) is 5.02. The first-order valence-electron chi connectivity index (χ1n) is 15.4. The Morgan fingerprint density at radius 1 is 1.16 bits per heavy atom. The van der Waals surface area contributed by atoms with E-state index in [9.17, 15) is 18.3 Å². The van der Waals surface area contributed by atoms with Crippen molar-refractivity contribution in [3.05, 3.63) is 76.5 Å². The zero-order valence-electron chi connectivity index (χ0n) is 25.4. The van der Waals surface area contributed by atoms with Crippen LogP contribution in [0.2, 0.25) is 0 Å². The van der Waals surface area contributed by atoms with Gasteiger partial charge in [0.2, 0.25) is 10.0 Å². The largest absolute Gasteiger partial charge is 0.481 e. The number of carboxylic acid groups (broad SMARTS) is 1. The van der Waals surface area contributed by atoms with Crippen molar-refractivity contribution < 1.29 is 18.3 Å². The minimum Gasteiger partial charge on any atom is -0.481 e. The molecule has 4 aromatic rings. The summed E-state index contributed by atoms with van der Waals surface area (Å²) in [5, 5.41) is 18.9. The number of sulfonamides is 1. The highest BCUT2D eigenvalue weighted by atomic mass is 32.2. The summed E-state index contributed by atoms with van der Waals surface area (Å²) in [4.78, 5) is 19.1. The molecule has 1 saturated carbocycles. The number of fused-ring (bicyclic) bond motifs is 4. The van der Waals surface area contributed by atoms with Crippen molar-refractivity contribution in [1.29, 1.82) is 0 Å². The molecular weight excluding hydrogens is 576 g/mol. The molecule has 1 saturated heterocycles. The van der Waals surface area contributed by atoms with Crippen molar-refractivity contribution in [2.45, 2.75) is 82.3 Å². The summed E-state index contributed by atoms with van der Waals surface area (Å²) in [5.41, 5.74) is 5.86. The maximum atomic E-state index is 14.1. The fourth-order valence-electron chi connectivity index (χ4n) is 7.17. The van der Waals surface area contributed by atoms with E-state index < -0.39 is 21.9 Å². The van der Waals surface area contributed by atoms with Gasteiger partial charge in [0.25, 0.3) is 0 Å². The highest BCUT2D eigenvalue weighted by molar-refractivity contribution is 7.89. The van der Waals surface area contributed by atoms with Crippen LogP contribution in [0.3, 0.4) is 0 Å². The summed E-state index contributed by atoms with van der Waals surface area (Å²) < 4.78 is 31.8. The number of pyridine rings is 1. The summed E-state index contributed by atoms with van der Waals surface area (Å²) in [7, 11) is -3.83. The van der Waals surface area contributed by atoms with Gasteiger partial charge in [-0.15, -0.1) is 5.10 Å². The first-order valence-corrected chi connectivity index (χ1v) is 16.9. The Kier molecular flexibility index (Phi) is 7.00. The van der Waals surface area contributed by atoms with Gasteiger partial charge in [0.15, 0.2) is 0 Å². The molecule has 230 valence electrons. The van der Waals surface area contributed by atoms with Crippen molar-refractivity contribution in [2.24, 2.45) is 5.92 Å². The topological polar surface area (TPSA) is 122 Å². The van der Waals surface area contributed by atoms with E-state index in [1.54, 1.807) is 22.6 Å². The lowest BCUT2D eigenvalue weighted by molar-refractivity contribution is -0.137. The minimum atomic E-state index is -3.83. The monoisotopic (exact) mass is 614 g/mol. The van der Waals surface area contributed by atoms with E-state index in [4.69, 9.17) is 0 Å². The van der Waals surface area contributed by atoms with Crippen LogP contribution < -0.4 is 4.90 Å². The van der Waals surface area contributed by atoms with Gasteiger partial charge in [-0.2, -0.15) is 4.31 Å². The van der Waals surface area contributed by atoms with Crippen LogP contribution in [0.1, 0.15) is 72.8 Å². The highest BCUT2D eigenvalue weighted by Gasteiger charge is 2.47. The number of benzene rings is 2. The van der Waals surface area contributed by atoms with Crippen LogP contribution in [0.25, 0.3) is 11.0 Å². The number of aryl methyl sites for hydroxylation is 2. The fourth-order valence-corrected chi connectivity index (χ4v) is 8.85. The van der Waals surface area contributed by atoms with Crippen LogP contribution in [0.15, 0.2) is 53.6 Å². The van der Waals surface area contributed by atoms with Crippen LogP contribution in [0, 0.1) is 19.8 Å². The third-order valence-corrected chi connectivity index (χ3v) is 11.7. The molecule has 4 heterocycles. The van der Waals surface area contributed by atoms with Gasteiger partial charge in [0.1, 0.15) is 16.2 Å². The van der Waals surface area contributed by atoms with Crippen LogP contribution in [0.4, 0.5) is 5.82 Å². The lowest BCUT2D eigenvalue weighted by Gasteiger charge is -2.36. The molecule has 1 N–H and O–H groups in total. The van der Waals surface area contributed by atoms with Crippen molar-refractivity contribution in [1.82, 2.24) is 24.3 Å². The Morgan fingerprint density at radius 2 is 1.98 bits per heavy atom. The number of carboxylic acids is 1. The molecule has 0 bridgehead atoms. The molecule has 2 aromatic heterocycles. The first kappa shape index (κ1) is 28.9. The fraction of sp³-hybridized carbons (Fsp3) is 0.455. The van der Waals surface area contributed by atoms with Crippen molar-refractivity contribution in [3.8, 4) is 0 Å². The molecule has 44 heavy (non-hydrogen) atoms. The molecule has 2 aromatic carbocycles. The number of hydrogen-bond donors (Lipinski definition) is 1. The molecule has 1 aliphatic carbocycles. The number of carbonyl (C=O) groups is 1. The van der Waals surface area contributed by atoms with Crippen molar-refractivity contribution >= 4 is 32.8 Å². The Hall–Kier alpha value is -3.83. The lowest BCUT2D eigenvalue weighted by Crippen LogP contribution is -2.49. The van der Waals surface area contributed by atoms with E-state index in [1.807, 2.05) is 48.9 Å². The number of hydrogen-bond acceptors (Lipinski definition) is 7. The lowest BCUT2D eigenvalue weighted by atomic mass is 9.84. The second-order valence-electron chi connectivity index (χ2n) is 13.0. The number of nitrogens with zero attached hydrogens (tertiary/aromatic N) is 6. The molecule has 3 aliphatic rings. The van der Waals surface area contributed by atoms with Crippen LogP contribution in [0.5, 0.6) is 0 Å². The molecule has 0 radical (unpaired) electrons. The zero-order valence-corrected chi connectivity index (χ0v) is 26.2. The zero-order chi connectivity index (χ0) is 30.8. The minimum absolute atomic E-state index is 0.0981. The summed E-state index contributed by atoms with van der Waals surface area (Å²) in [6, 6.07) is 13.3. The van der Waals surface area contributed by atoms with Gasteiger partial charge in [-0.3, -0.25) is 4.79 Å². The Labute approximate surface area is 257 Å². The maximum absolute atomic E-state index is 14.1.